The third-order valence-electron chi connectivity index (χ3n) is 5.29. The smallest absolute Gasteiger partial charge is 0.321 e. The zero-order valence-corrected chi connectivity index (χ0v) is 11.6. The highest BCUT2D eigenvalue weighted by Gasteiger charge is 2.53. The lowest BCUT2D eigenvalue weighted by molar-refractivity contribution is -0.730. The van der Waals surface area contributed by atoms with Crippen molar-refractivity contribution in [3.05, 3.63) is 0 Å². The van der Waals surface area contributed by atoms with Gasteiger partial charge in [0, 0.05) is 26.3 Å². The zero-order valence-electron chi connectivity index (χ0n) is 11.6. The second kappa shape index (κ2) is 4.78. The summed E-state index contributed by atoms with van der Waals surface area (Å²) in [7, 11) is 1.52. The van der Waals surface area contributed by atoms with E-state index >= 15 is 0 Å². The number of hydrogen-bond donors (Lipinski definition) is 3. The molecule has 0 aromatic carbocycles. The van der Waals surface area contributed by atoms with Crippen molar-refractivity contribution in [2.45, 2.75) is 44.1 Å². The molecule has 4 saturated carbocycles. The highest BCUT2D eigenvalue weighted by atomic mass is 16.2. The minimum Gasteiger partial charge on any atom is -0.341 e. The largest absolute Gasteiger partial charge is 0.341 e. The molecular weight excluding hydrogens is 242 g/mol. The number of quaternary nitrogens is 1. The van der Waals surface area contributed by atoms with Crippen molar-refractivity contribution < 1.29 is 14.9 Å². The molecule has 0 aromatic heterocycles. The standard InChI is InChI=1S/C14H23N3O2/c1-15-13(19)17-12(18)8-16-14-5-9-2-10(6-14)4-11(3-9)7-14/h9-11,16H,2-8H2,1H3,(H2,15,17,18,19)/p+1. The Hall–Kier alpha value is -1.10. The topological polar surface area (TPSA) is 74.8 Å². The summed E-state index contributed by atoms with van der Waals surface area (Å²) in [6.07, 6.45) is 8.05. The van der Waals surface area contributed by atoms with Crippen LogP contribution in [0.25, 0.3) is 0 Å². The van der Waals surface area contributed by atoms with Crippen LogP contribution < -0.4 is 16.0 Å². The highest BCUT2D eigenvalue weighted by molar-refractivity contribution is 5.94. The van der Waals surface area contributed by atoms with Crippen LogP contribution in [0.1, 0.15) is 38.5 Å². The number of carbonyl (C=O) groups excluding carboxylic acids is 2. The lowest BCUT2D eigenvalue weighted by Crippen LogP contribution is -3.00. The number of carbonyl (C=O) groups is 2. The van der Waals surface area contributed by atoms with E-state index in [0.29, 0.717) is 12.1 Å². The quantitative estimate of drug-likeness (QED) is 0.671. The van der Waals surface area contributed by atoms with Gasteiger partial charge >= 0.3 is 6.03 Å². The number of nitrogens with two attached hydrogens (primary N) is 1. The Bertz CT molecular complexity index is 359. The number of urea groups is 1. The van der Waals surface area contributed by atoms with Crippen LogP contribution in [0, 0.1) is 17.8 Å². The Morgan fingerprint density at radius 1 is 1.11 bits per heavy atom. The van der Waals surface area contributed by atoms with Gasteiger partial charge in [-0.3, -0.25) is 10.1 Å². The second-order valence-corrected chi connectivity index (χ2v) is 6.82. The third-order valence-corrected chi connectivity index (χ3v) is 5.29. The lowest BCUT2D eigenvalue weighted by Gasteiger charge is -2.54. The number of hydrogen-bond acceptors (Lipinski definition) is 2. The minimum absolute atomic E-state index is 0.185. The summed E-state index contributed by atoms with van der Waals surface area (Å²) in [5.74, 6) is 2.49. The third kappa shape index (κ3) is 2.61. The molecular formula is C14H24N3O2+. The number of imide groups is 1. The first-order chi connectivity index (χ1) is 9.08. The van der Waals surface area contributed by atoms with Crippen LogP contribution in [0.2, 0.25) is 0 Å². The maximum absolute atomic E-state index is 11.7. The number of nitrogens with one attached hydrogen (secondary N) is 2. The Morgan fingerprint density at radius 3 is 2.11 bits per heavy atom. The Kier molecular flexibility index (Phi) is 3.25. The van der Waals surface area contributed by atoms with Gasteiger partial charge in [-0.05, 0) is 37.0 Å². The molecule has 4 fully saturated rings. The molecule has 5 nitrogen and oxygen atoms in total. The van der Waals surface area contributed by atoms with Crippen molar-refractivity contribution >= 4 is 11.9 Å². The summed E-state index contributed by atoms with van der Waals surface area (Å²) in [6, 6.07) is -0.413. The van der Waals surface area contributed by atoms with E-state index in [-0.39, 0.29) is 5.91 Å². The molecule has 0 aromatic rings. The first-order valence-corrected chi connectivity index (χ1v) is 7.44. The van der Waals surface area contributed by atoms with Crippen LogP contribution >= 0.6 is 0 Å². The number of rotatable bonds is 3. The SMILES string of the molecule is CNC(=O)NC(=O)C[NH2+]C12CC3CC(CC(C3)C1)C2. The second-order valence-electron chi connectivity index (χ2n) is 6.82. The molecule has 0 atom stereocenters. The van der Waals surface area contributed by atoms with Gasteiger partial charge in [-0.2, -0.15) is 0 Å². The van der Waals surface area contributed by atoms with Crippen LogP contribution in [-0.4, -0.2) is 31.1 Å². The molecule has 106 valence electrons. The van der Waals surface area contributed by atoms with E-state index in [1.165, 1.54) is 45.6 Å². The molecule has 0 saturated heterocycles. The van der Waals surface area contributed by atoms with Crippen LogP contribution in [0.5, 0.6) is 0 Å². The molecule has 0 spiro atoms. The fourth-order valence-electron chi connectivity index (χ4n) is 4.98. The van der Waals surface area contributed by atoms with Crippen molar-refractivity contribution in [3.63, 3.8) is 0 Å². The van der Waals surface area contributed by atoms with Gasteiger partial charge in [-0.1, -0.05) is 0 Å². The molecule has 0 heterocycles. The van der Waals surface area contributed by atoms with Gasteiger partial charge in [0.1, 0.15) is 0 Å². The molecule has 0 radical (unpaired) electrons. The first-order valence-electron chi connectivity index (χ1n) is 7.44. The van der Waals surface area contributed by atoms with Gasteiger partial charge in [0.2, 0.25) is 0 Å². The van der Waals surface area contributed by atoms with E-state index in [2.05, 4.69) is 16.0 Å². The minimum atomic E-state index is -0.413. The Labute approximate surface area is 113 Å². The van der Waals surface area contributed by atoms with Gasteiger partial charge in [-0.25, -0.2) is 4.79 Å². The summed E-state index contributed by atoms with van der Waals surface area (Å²) in [4.78, 5) is 22.8. The molecule has 4 aliphatic rings. The molecule has 0 aliphatic heterocycles. The predicted octanol–water partition coefficient (Wildman–Crippen LogP) is -0.0258. The van der Waals surface area contributed by atoms with Crippen molar-refractivity contribution in [2.24, 2.45) is 17.8 Å². The van der Waals surface area contributed by atoms with E-state index in [9.17, 15) is 9.59 Å². The van der Waals surface area contributed by atoms with E-state index in [0.717, 1.165) is 17.8 Å². The molecule has 4 N–H and O–H groups in total. The van der Waals surface area contributed by atoms with E-state index in [1.807, 2.05) is 0 Å². The van der Waals surface area contributed by atoms with Gasteiger partial charge in [0.15, 0.2) is 6.54 Å². The average Bonchev–Trinajstić information content (AvgIpc) is 2.35. The molecule has 0 unspecified atom stereocenters. The lowest BCUT2D eigenvalue weighted by atomic mass is 9.53. The van der Waals surface area contributed by atoms with Crippen LogP contribution in [0.15, 0.2) is 0 Å². The fraction of sp³-hybridized carbons (Fsp3) is 0.857. The maximum atomic E-state index is 11.7. The van der Waals surface area contributed by atoms with Crippen LogP contribution in [0.4, 0.5) is 4.79 Å². The van der Waals surface area contributed by atoms with Crippen molar-refractivity contribution in [2.75, 3.05) is 13.6 Å². The summed E-state index contributed by atoms with van der Waals surface area (Å²) in [6.45, 7) is 0.375. The normalized spacial score (nSPS) is 39.1. The van der Waals surface area contributed by atoms with Gasteiger partial charge in [-0.15, -0.1) is 0 Å². The predicted molar refractivity (Wildman–Crippen MR) is 70.3 cm³/mol. The molecule has 19 heavy (non-hydrogen) atoms. The summed E-state index contributed by atoms with van der Waals surface area (Å²) in [5.41, 5.74) is 0.300. The van der Waals surface area contributed by atoms with Crippen molar-refractivity contribution in [1.82, 2.24) is 10.6 Å². The van der Waals surface area contributed by atoms with Crippen molar-refractivity contribution in [1.29, 1.82) is 0 Å². The van der Waals surface area contributed by atoms with Gasteiger partial charge < -0.3 is 10.6 Å². The van der Waals surface area contributed by atoms with Crippen LogP contribution in [-0.2, 0) is 4.79 Å². The Morgan fingerprint density at radius 2 is 1.63 bits per heavy atom. The molecule has 3 amide bonds. The summed E-state index contributed by atoms with van der Waals surface area (Å²) >= 11 is 0. The monoisotopic (exact) mass is 266 g/mol. The van der Waals surface area contributed by atoms with E-state index in [1.54, 1.807) is 0 Å². The van der Waals surface area contributed by atoms with Crippen molar-refractivity contribution in [3.8, 4) is 0 Å². The molecule has 4 bridgehead atoms. The number of amides is 3. The summed E-state index contributed by atoms with van der Waals surface area (Å²) in [5, 5.41) is 6.96. The van der Waals surface area contributed by atoms with Crippen LogP contribution in [0.3, 0.4) is 0 Å². The van der Waals surface area contributed by atoms with E-state index < -0.39 is 6.03 Å². The van der Waals surface area contributed by atoms with Gasteiger partial charge in [0.05, 0.1) is 5.54 Å². The maximum Gasteiger partial charge on any atom is 0.321 e. The summed E-state index contributed by atoms with van der Waals surface area (Å²) < 4.78 is 0. The average molecular weight is 266 g/mol. The van der Waals surface area contributed by atoms with Gasteiger partial charge in [0.25, 0.3) is 5.91 Å². The van der Waals surface area contributed by atoms with E-state index in [4.69, 9.17) is 0 Å². The molecule has 5 heteroatoms. The Balaban J connectivity index is 1.55. The molecule has 4 aliphatic carbocycles. The first kappa shape index (κ1) is 12.9. The molecule has 4 rings (SSSR count). The highest BCUT2D eigenvalue weighted by Crippen LogP contribution is 2.54. The fourth-order valence-corrected chi connectivity index (χ4v) is 4.98. The zero-order chi connectivity index (χ0) is 13.5.